The van der Waals surface area contributed by atoms with E-state index in [4.69, 9.17) is 0 Å². The largest absolute Gasteiger partial charge is 0.372 e. The molecule has 0 radical (unpaired) electrons. The van der Waals surface area contributed by atoms with E-state index in [2.05, 4.69) is 52.1 Å². The zero-order chi connectivity index (χ0) is 19.3. The minimum atomic E-state index is -0.0972. The van der Waals surface area contributed by atoms with Crippen LogP contribution in [0.25, 0.3) is 0 Å². The minimum absolute atomic E-state index is 0.0117. The van der Waals surface area contributed by atoms with Crippen molar-refractivity contribution in [1.82, 2.24) is 15.8 Å². The van der Waals surface area contributed by atoms with Crippen molar-refractivity contribution in [2.45, 2.75) is 31.8 Å². The van der Waals surface area contributed by atoms with Crippen molar-refractivity contribution in [3.05, 3.63) is 65.7 Å². The molecule has 1 amide bonds. The maximum Gasteiger partial charge on any atom is 0.229 e. The molecule has 2 heterocycles. The van der Waals surface area contributed by atoms with Crippen LogP contribution in [-0.4, -0.2) is 37.5 Å². The van der Waals surface area contributed by atoms with Crippen LogP contribution >= 0.6 is 0 Å². The fourth-order valence-electron chi connectivity index (χ4n) is 4.30. The van der Waals surface area contributed by atoms with Gasteiger partial charge in [0.05, 0.1) is 12.0 Å². The van der Waals surface area contributed by atoms with Gasteiger partial charge in [-0.1, -0.05) is 42.5 Å². The van der Waals surface area contributed by atoms with Gasteiger partial charge in [0.1, 0.15) is 0 Å². The van der Waals surface area contributed by atoms with Gasteiger partial charge in [0, 0.05) is 38.9 Å². The normalized spacial score (nSPS) is 22.2. The summed E-state index contributed by atoms with van der Waals surface area (Å²) in [7, 11) is 1.90. The van der Waals surface area contributed by atoms with Gasteiger partial charge in [-0.05, 0) is 42.5 Å². The molecule has 2 aromatic carbocycles. The van der Waals surface area contributed by atoms with Gasteiger partial charge in [-0.3, -0.25) is 10.2 Å². The maximum atomic E-state index is 13.1. The molecule has 2 aliphatic heterocycles. The highest BCUT2D eigenvalue weighted by atomic mass is 16.2. The first-order chi connectivity index (χ1) is 13.7. The Morgan fingerprint density at radius 3 is 2.46 bits per heavy atom. The lowest BCUT2D eigenvalue weighted by atomic mass is 9.93. The van der Waals surface area contributed by atoms with Crippen molar-refractivity contribution in [3.8, 4) is 0 Å². The Morgan fingerprint density at radius 1 is 1.04 bits per heavy atom. The fourth-order valence-corrected chi connectivity index (χ4v) is 4.30. The second-order valence-electron chi connectivity index (χ2n) is 7.93. The summed E-state index contributed by atoms with van der Waals surface area (Å²) in [4.78, 5) is 17.4. The van der Waals surface area contributed by atoms with E-state index in [1.165, 1.54) is 30.5 Å². The highest BCUT2D eigenvalue weighted by Gasteiger charge is 2.35. The number of hydrogen-bond donors (Lipinski definition) is 2. The molecule has 0 bridgehead atoms. The lowest BCUT2D eigenvalue weighted by Gasteiger charge is -2.29. The molecule has 2 N–H and O–H groups in total. The van der Waals surface area contributed by atoms with E-state index in [-0.39, 0.29) is 17.9 Å². The van der Waals surface area contributed by atoms with E-state index in [1.807, 2.05) is 30.1 Å². The monoisotopic (exact) mass is 378 g/mol. The van der Waals surface area contributed by atoms with E-state index in [0.29, 0.717) is 13.1 Å². The second-order valence-corrected chi connectivity index (χ2v) is 7.93. The molecule has 2 atom stereocenters. The number of carbonyl (C=O) groups excluding carboxylic acids is 1. The molecule has 148 valence electrons. The van der Waals surface area contributed by atoms with Crippen LogP contribution in [0.3, 0.4) is 0 Å². The topological polar surface area (TPSA) is 47.6 Å². The summed E-state index contributed by atoms with van der Waals surface area (Å²) >= 11 is 0. The average Bonchev–Trinajstić information content (AvgIpc) is 3.25. The smallest absolute Gasteiger partial charge is 0.229 e. The highest BCUT2D eigenvalue weighted by molar-refractivity contribution is 5.80. The quantitative estimate of drug-likeness (QED) is 0.839. The van der Waals surface area contributed by atoms with E-state index in [0.717, 1.165) is 18.7 Å². The molecule has 4 rings (SSSR count). The summed E-state index contributed by atoms with van der Waals surface area (Å²) in [5.41, 5.74) is 10.0. The minimum Gasteiger partial charge on any atom is -0.372 e. The summed E-state index contributed by atoms with van der Waals surface area (Å²) in [6, 6.07) is 18.9. The van der Waals surface area contributed by atoms with Crippen LogP contribution in [0.4, 0.5) is 5.69 Å². The Hall–Kier alpha value is -2.37. The van der Waals surface area contributed by atoms with Crippen molar-refractivity contribution >= 4 is 11.6 Å². The van der Waals surface area contributed by atoms with Gasteiger partial charge in [0.15, 0.2) is 0 Å². The molecule has 0 aromatic heterocycles. The summed E-state index contributed by atoms with van der Waals surface area (Å²) in [5, 5.41) is 0. The molecule has 5 nitrogen and oxygen atoms in total. The zero-order valence-electron chi connectivity index (χ0n) is 16.6. The summed E-state index contributed by atoms with van der Waals surface area (Å²) < 4.78 is 0. The van der Waals surface area contributed by atoms with Gasteiger partial charge in [-0.2, -0.15) is 0 Å². The molecule has 0 aliphatic carbocycles. The zero-order valence-corrected chi connectivity index (χ0v) is 16.6. The molecule has 2 aliphatic rings. The third kappa shape index (κ3) is 4.21. The summed E-state index contributed by atoms with van der Waals surface area (Å²) in [5.74, 6) is 0.0754. The molecule has 2 unspecified atom stereocenters. The van der Waals surface area contributed by atoms with Crippen molar-refractivity contribution in [3.63, 3.8) is 0 Å². The van der Waals surface area contributed by atoms with Gasteiger partial charge in [0.2, 0.25) is 5.91 Å². The van der Waals surface area contributed by atoms with Crippen LogP contribution in [0.15, 0.2) is 54.6 Å². The van der Waals surface area contributed by atoms with E-state index in [1.54, 1.807) is 0 Å². The number of carbonyl (C=O) groups is 1. The number of hydrogen-bond acceptors (Lipinski definition) is 4. The van der Waals surface area contributed by atoms with E-state index in [9.17, 15) is 4.79 Å². The third-order valence-electron chi connectivity index (χ3n) is 5.91. The number of rotatable bonds is 5. The van der Waals surface area contributed by atoms with Crippen LogP contribution in [0.1, 0.15) is 36.4 Å². The van der Waals surface area contributed by atoms with Crippen molar-refractivity contribution in [2.75, 3.05) is 31.6 Å². The Bertz CT molecular complexity index is 771. The molecular weight excluding hydrogens is 348 g/mol. The Balaban J connectivity index is 1.38. The van der Waals surface area contributed by atoms with Crippen LogP contribution in [0.5, 0.6) is 0 Å². The highest BCUT2D eigenvalue weighted by Crippen LogP contribution is 2.27. The lowest BCUT2D eigenvalue weighted by molar-refractivity contribution is -0.134. The molecule has 2 aromatic rings. The first-order valence-corrected chi connectivity index (χ1v) is 10.3. The number of hydrazine groups is 1. The van der Waals surface area contributed by atoms with Crippen LogP contribution < -0.4 is 15.8 Å². The maximum absolute atomic E-state index is 13.1. The summed E-state index contributed by atoms with van der Waals surface area (Å²) in [6.45, 7) is 3.59. The first-order valence-electron chi connectivity index (χ1n) is 10.3. The second kappa shape index (κ2) is 8.76. The number of anilines is 1. The molecule has 2 fully saturated rings. The molecule has 2 saturated heterocycles. The number of amides is 1. The van der Waals surface area contributed by atoms with Gasteiger partial charge >= 0.3 is 0 Å². The van der Waals surface area contributed by atoms with Gasteiger partial charge in [0.25, 0.3) is 0 Å². The van der Waals surface area contributed by atoms with Crippen molar-refractivity contribution in [2.24, 2.45) is 5.92 Å². The fraction of sp³-hybridized carbons (Fsp3) is 0.435. The molecule has 5 heteroatoms. The van der Waals surface area contributed by atoms with E-state index >= 15 is 0 Å². The molecule has 28 heavy (non-hydrogen) atoms. The molecular formula is C23H30N4O. The predicted octanol–water partition coefficient (Wildman–Crippen LogP) is 3.10. The van der Waals surface area contributed by atoms with Gasteiger partial charge in [-0.25, -0.2) is 5.43 Å². The molecule has 0 saturated carbocycles. The Morgan fingerprint density at radius 2 is 1.75 bits per heavy atom. The van der Waals surface area contributed by atoms with Crippen LogP contribution in [-0.2, 0) is 11.3 Å². The van der Waals surface area contributed by atoms with E-state index < -0.39 is 0 Å². The lowest BCUT2D eigenvalue weighted by Crippen LogP contribution is -2.36. The number of nitrogens with one attached hydrogen (secondary N) is 2. The number of piperidine rings is 1. The number of benzene rings is 2. The van der Waals surface area contributed by atoms with Gasteiger partial charge in [-0.15, -0.1) is 0 Å². The number of nitrogens with zero attached hydrogens (tertiary/aromatic N) is 2. The predicted molar refractivity (Wildman–Crippen MR) is 113 cm³/mol. The molecule has 0 spiro atoms. The average molecular weight is 379 g/mol. The van der Waals surface area contributed by atoms with Gasteiger partial charge < -0.3 is 9.80 Å². The Kier molecular flexibility index (Phi) is 5.93. The summed E-state index contributed by atoms with van der Waals surface area (Å²) in [6.07, 6.45) is 3.91. The van der Waals surface area contributed by atoms with Crippen molar-refractivity contribution in [1.29, 1.82) is 0 Å². The van der Waals surface area contributed by atoms with Crippen molar-refractivity contribution < 1.29 is 4.79 Å². The van der Waals surface area contributed by atoms with Crippen LogP contribution in [0.2, 0.25) is 0 Å². The first kappa shape index (κ1) is 19.0. The Labute approximate surface area is 167 Å². The standard InChI is InChI=1S/C23H30N4O/c1-26(17-18-10-12-20(13-11-18)27-14-6-3-7-15-27)23(28)21-16-24-25-22(21)19-8-4-2-5-9-19/h2,4-5,8-13,21-22,24-25H,3,6-7,14-17H2,1H3. The SMILES string of the molecule is CN(Cc1ccc(N2CCCCC2)cc1)C(=O)C1CNNC1c1ccccc1. The third-order valence-corrected chi connectivity index (χ3v) is 5.91. The van der Waals surface area contributed by atoms with Crippen LogP contribution in [0, 0.1) is 5.92 Å².